The molecule has 0 amide bonds. The second-order valence-electron chi connectivity index (χ2n) is 3.73. The van der Waals surface area contributed by atoms with Gasteiger partial charge in [0.05, 0.1) is 5.69 Å². The molecule has 2 rings (SSSR count). The fourth-order valence-corrected chi connectivity index (χ4v) is 1.69. The van der Waals surface area contributed by atoms with Crippen LogP contribution < -0.4 is 17.0 Å². The second kappa shape index (κ2) is 4.33. The van der Waals surface area contributed by atoms with Crippen LogP contribution in [0.25, 0.3) is 5.69 Å². The van der Waals surface area contributed by atoms with Crippen LogP contribution in [0.15, 0.2) is 39.9 Å². The number of aldehydes is 1. The van der Waals surface area contributed by atoms with E-state index in [0.29, 0.717) is 12.0 Å². The highest BCUT2D eigenvalue weighted by Crippen LogP contribution is 2.10. The molecule has 0 unspecified atom stereocenters. The van der Waals surface area contributed by atoms with Gasteiger partial charge in [-0.05, 0) is 12.1 Å². The van der Waals surface area contributed by atoms with Crippen LogP contribution in [0.1, 0.15) is 10.4 Å². The number of anilines is 1. The van der Waals surface area contributed by atoms with Crippen LogP contribution in [-0.4, -0.2) is 15.4 Å². The van der Waals surface area contributed by atoms with Crippen molar-refractivity contribution in [3.63, 3.8) is 0 Å². The van der Waals surface area contributed by atoms with Crippen molar-refractivity contribution in [2.75, 3.05) is 5.73 Å². The molecule has 1 aromatic carbocycles. The monoisotopic (exact) mass is 245 g/mol. The van der Waals surface area contributed by atoms with Crippen LogP contribution in [0.3, 0.4) is 0 Å². The Labute approximate surface area is 102 Å². The van der Waals surface area contributed by atoms with Gasteiger partial charge >= 0.3 is 5.69 Å². The minimum absolute atomic E-state index is 0.149. The lowest BCUT2D eigenvalue weighted by Crippen LogP contribution is -2.40. The van der Waals surface area contributed by atoms with Gasteiger partial charge in [0.2, 0.25) is 0 Å². The van der Waals surface area contributed by atoms with E-state index in [1.165, 1.54) is 7.05 Å². The van der Waals surface area contributed by atoms with E-state index in [1.54, 1.807) is 30.3 Å². The standard InChI is InChI=1S/C12H11N3O3/c1-14-11(17)9(7-16)10(13)15(12(14)18)8-5-3-2-4-6-8/h2-7H,13H2,1H3. The maximum Gasteiger partial charge on any atom is 0.336 e. The molecule has 0 aliphatic rings. The van der Waals surface area contributed by atoms with Gasteiger partial charge in [-0.25, -0.2) is 9.36 Å². The Kier molecular flexibility index (Phi) is 2.85. The van der Waals surface area contributed by atoms with Gasteiger partial charge in [-0.3, -0.25) is 14.2 Å². The molecule has 2 aromatic rings. The van der Waals surface area contributed by atoms with Crippen molar-refractivity contribution in [1.82, 2.24) is 9.13 Å². The highest BCUT2D eigenvalue weighted by atomic mass is 16.2. The van der Waals surface area contributed by atoms with Crippen molar-refractivity contribution in [3.05, 3.63) is 56.7 Å². The Morgan fingerprint density at radius 1 is 1.17 bits per heavy atom. The average Bonchev–Trinajstić information content (AvgIpc) is 2.38. The smallest absolute Gasteiger partial charge is 0.336 e. The zero-order valence-electron chi connectivity index (χ0n) is 9.66. The van der Waals surface area contributed by atoms with Crippen molar-refractivity contribution >= 4 is 12.1 Å². The molecular formula is C12H11N3O3. The Balaban J connectivity index is 2.93. The number of carbonyl (C=O) groups is 1. The van der Waals surface area contributed by atoms with Gasteiger partial charge in [-0.15, -0.1) is 0 Å². The van der Waals surface area contributed by atoms with Crippen molar-refractivity contribution in [2.24, 2.45) is 7.05 Å². The highest BCUT2D eigenvalue weighted by molar-refractivity contribution is 5.81. The van der Waals surface area contributed by atoms with Crippen LogP contribution in [-0.2, 0) is 7.05 Å². The zero-order valence-corrected chi connectivity index (χ0v) is 9.66. The lowest BCUT2D eigenvalue weighted by molar-refractivity contribution is 0.112. The van der Waals surface area contributed by atoms with Crippen LogP contribution in [0.2, 0.25) is 0 Å². The highest BCUT2D eigenvalue weighted by Gasteiger charge is 2.15. The summed E-state index contributed by atoms with van der Waals surface area (Å²) >= 11 is 0. The number of nitrogens with two attached hydrogens (primary N) is 1. The number of nitrogen functional groups attached to an aromatic ring is 1. The van der Waals surface area contributed by atoms with E-state index in [4.69, 9.17) is 5.73 Å². The Bertz CT molecular complexity index is 714. The SMILES string of the molecule is Cn1c(=O)c(C=O)c(N)n(-c2ccccc2)c1=O. The summed E-state index contributed by atoms with van der Waals surface area (Å²) in [4.78, 5) is 34.6. The molecule has 0 atom stereocenters. The van der Waals surface area contributed by atoms with E-state index in [0.717, 1.165) is 9.13 Å². The number of hydrogen-bond acceptors (Lipinski definition) is 4. The van der Waals surface area contributed by atoms with E-state index in [-0.39, 0.29) is 11.4 Å². The van der Waals surface area contributed by atoms with Crippen molar-refractivity contribution < 1.29 is 4.79 Å². The Morgan fingerprint density at radius 3 is 2.33 bits per heavy atom. The third kappa shape index (κ3) is 1.64. The van der Waals surface area contributed by atoms with E-state index in [2.05, 4.69) is 0 Å². The molecule has 6 nitrogen and oxygen atoms in total. The summed E-state index contributed by atoms with van der Waals surface area (Å²) < 4.78 is 1.98. The molecule has 2 N–H and O–H groups in total. The third-order valence-electron chi connectivity index (χ3n) is 2.66. The first kappa shape index (κ1) is 11.8. The number of aromatic nitrogens is 2. The molecule has 0 bridgehead atoms. The molecule has 92 valence electrons. The minimum Gasteiger partial charge on any atom is -0.384 e. The van der Waals surface area contributed by atoms with Gasteiger partial charge in [0.15, 0.2) is 6.29 Å². The molecule has 0 saturated carbocycles. The maximum atomic E-state index is 12.0. The topological polar surface area (TPSA) is 87.1 Å². The van der Waals surface area contributed by atoms with E-state index in [1.807, 2.05) is 0 Å². The lowest BCUT2D eigenvalue weighted by atomic mass is 10.3. The van der Waals surface area contributed by atoms with Gasteiger partial charge in [-0.2, -0.15) is 0 Å². The fourth-order valence-electron chi connectivity index (χ4n) is 1.69. The summed E-state index contributed by atoms with van der Waals surface area (Å²) in [6.07, 6.45) is 0.358. The number of rotatable bonds is 2. The molecular weight excluding hydrogens is 234 g/mol. The lowest BCUT2D eigenvalue weighted by Gasteiger charge is -2.12. The summed E-state index contributed by atoms with van der Waals surface area (Å²) in [5.41, 5.74) is 4.71. The molecule has 1 aromatic heterocycles. The molecule has 0 radical (unpaired) electrons. The van der Waals surface area contributed by atoms with Gasteiger partial charge in [0.1, 0.15) is 11.4 Å². The molecule has 18 heavy (non-hydrogen) atoms. The summed E-state index contributed by atoms with van der Waals surface area (Å²) in [6.45, 7) is 0. The number of nitrogens with zero attached hydrogens (tertiary/aromatic N) is 2. The first-order valence-electron chi connectivity index (χ1n) is 5.20. The molecule has 0 fully saturated rings. The van der Waals surface area contributed by atoms with Gasteiger partial charge < -0.3 is 5.73 Å². The van der Waals surface area contributed by atoms with E-state index in [9.17, 15) is 14.4 Å². The van der Waals surface area contributed by atoms with Crippen molar-refractivity contribution in [1.29, 1.82) is 0 Å². The second-order valence-corrected chi connectivity index (χ2v) is 3.73. The number of benzene rings is 1. The first-order chi connectivity index (χ1) is 8.57. The summed E-state index contributed by atoms with van der Waals surface area (Å²) in [6, 6.07) is 8.57. The largest absolute Gasteiger partial charge is 0.384 e. The minimum atomic E-state index is -0.695. The van der Waals surface area contributed by atoms with Crippen molar-refractivity contribution in [2.45, 2.75) is 0 Å². The molecule has 1 heterocycles. The number of carbonyl (C=O) groups excluding carboxylic acids is 1. The normalized spacial score (nSPS) is 10.3. The van der Waals surface area contributed by atoms with Crippen molar-refractivity contribution in [3.8, 4) is 5.69 Å². The van der Waals surface area contributed by atoms with E-state index < -0.39 is 11.2 Å². The Morgan fingerprint density at radius 2 is 1.78 bits per heavy atom. The van der Waals surface area contributed by atoms with Gasteiger partial charge in [0, 0.05) is 7.05 Å². The fraction of sp³-hybridized carbons (Fsp3) is 0.0833. The number of para-hydroxylation sites is 1. The Hall–Kier alpha value is -2.63. The van der Waals surface area contributed by atoms with E-state index >= 15 is 0 Å². The van der Waals surface area contributed by atoms with Crippen LogP contribution in [0, 0.1) is 0 Å². The molecule has 6 heteroatoms. The van der Waals surface area contributed by atoms with Crippen LogP contribution >= 0.6 is 0 Å². The summed E-state index contributed by atoms with van der Waals surface area (Å²) in [5, 5.41) is 0. The third-order valence-corrected chi connectivity index (χ3v) is 2.66. The molecule has 0 saturated heterocycles. The average molecular weight is 245 g/mol. The predicted octanol–water partition coefficient (Wildman–Crippen LogP) is -0.0691. The zero-order chi connectivity index (χ0) is 13.3. The van der Waals surface area contributed by atoms with Gasteiger partial charge in [-0.1, -0.05) is 18.2 Å². The molecule has 0 aliphatic carbocycles. The number of hydrogen-bond donors (Lipinski definition) is 1. The quantitative estimate of drug-likeness (QED) is 0.750. The van der Waals surface area contributed by atoms with Crippen LogP contribution in [0.4, 0.5) is 5.82 Å². The van der Waals surface area contributed by atoms with Gasteiger partial charge in [0.25, 0.3) is 5.56 Å². The summed E-state index contributed by atoms with van der Waals surface area (Å²) in [5.74, 6) is -0.149. The molecule has 0 aliphatic heterocycles. The first-order valence-corrected chi connectivity index (χ1v) is 5.20. The maximum absolute atomic E-state index is 12.0. The summed E-state index contributed by atoms with van der Waals surface area (Å²) in [7, 11) is 1.30. The van der Waals surface area contributed by atoms with Crippen LogP contribution in [0.5, 0.6) is 0 Å². The molecule has 0 spiro atoms. The predicted molar refractivity (Wildman–Crippen MR) is 67.1 cm³/mol.